The Labute approximate surface area is 66.0 Å². The van der Waals surface area contributed by atoms with E-state index in [1.165, 1.54) is 0 Å². The van der Waals surface area contributed by atoms with E-state index < -0.39 is 23.1 Å². The van der Waals surface area contributed by atoms with Gasteiger partial charge in [-0.2, -0.15) is 4.99 Å². The van der Waals surface area contributed by atoms with Gasteiger partial charge in [-0.1, -0.05) is 0 Å². The van der Waals surface area contributed by atoms with Gasteiger partial charge in [-0.15, -0.1) is 0 Å². The molecule has 0 unspecified atom stereocenters. The van der Waals surface area contributed by atoms with Crippen LogP contribution < -0.4 is 0 Å². The quantitative estimate of drug-likeness (QED) is 0.515. The minimum atomic E-state index is -1.14. The molecule has 0 spiro atoms. The summed E-state index contributed by atoms with van der Waals surface area (Å²) in [4.78, 5) is 12.5. The number of carbonyl (C=O) groups excluding carboxylic acids is 1. The molecule has 1 N–H and O–H groups in total. The first-order chi connectivity index (χ1) is 5.65. The average molecular weight is 171 g/mol. The number of phenols is 1. The first kappa shape index (κ1) is 8.36. The third kappa shape index (κ3) is 1.46. The predicted molar refractivity (Wildman–Crippen MR) is 35.8 cm³/mol. The number of rotatable bonds is 1. The Kier molecular flexibility index (Phi) is 2.16. The molecular formula is C7H3F2NO2. The van der Waals surface area contributed by atoms with Gasteiger partial charge in [0.05, 0.1) is 0 Å². The third-order valence-electron chi connectivity index (χ3n) is 1.17. The van der Waals surface area contributed by atoms with Crippen molar-refractivity contribution >= 4 is 11.8 Å². The van der Waals surface area contributed by atoms with Crippen LogP contribution in [0.3, 0.4) is 0 Å². The van der Waals surface area contributed by atoms with Crippen molar-refractivity contribution in [3.63, 3.8) is 0 Å². The number of hydrogen-bond donors (Lipinski definition) is 1. The molecule has 0 bridgehead atoms. The van der Waals surface area contributed by atoms with E-state index in [2.05, 4.69) is 4.99 Å². The number of nitrogens with zero attached hydrogens (tertiary/aromatic N) is 1. The van der Waals surface area contributed by atoms with Crippen molar-refractivity contribution < 1.29 is 18.7 Å². The highest BCUT2D eigenvalue weighted by Crippen LogP contribution is 2.26. The second-order valence-electron chi connectivity index (χ2n) is 1.96. The predicted octanol–water partition coefficient (Wildman–Crippen LogP) is 1.64. The van der Waals surface area contributed by atoms with E-state index in [0.29, 0.717) is 12.1 Å². The monoisotopic (exact) mass is 171 g/mol. The lowest BCUT2D eigenvalue weighted by Crippen LogP contribution is -1.80. The van der Waals surface area contributed by atoms with Gasteiger partial charge in [-0.25, -0.2) is 13.6 Å². The smallest absolute Gasteiger partial charge is 0.240 e. The van der Waals surface area contributed by atoms with Gasteiger partial charge in [-0.05, 0) is 0 Å². The second-order valence-corrected chi connectivity index (χ2v) is 1.96. The van der Waals surface area contributed by atoms with E-state index in [0.717, 1.165) is 6.08 Å². The molecule has 0 aliphatic heterocycles. The van der Waals surface area contributed by atoms with Gasteiger partial charge >= 0.3 is 0 Å². The second kappa shape index (κ2) is 3.11. The van der Waals surface area contributed by atoms with E-state index in [4.69, 9.17) is 5.11 Å². The van der Waals surface area contributed by atoms with Crippen LogP contribution in [0.25, 0.3) is 0 Å². The summed E-state index contributed by atoms with van der Waals surface area (Å²) in [7, 11) is 0. The Morgan fingerprint density at radius 3 is 2.67 bits per heavy atom. The molecule has 5 heteroatoms. The number of aliphatic imine (C=N–C) groups is 1. The van der Waals surface area contributed by atoms with Crippen LogP contribution in [0.1, 0.15) is 0 Å². The lowest BCUT2D eigenvalue weighted by Gasteiger charge is -1.97. The standard InChI is InChI=1S/C7H3F2NO2/c8-4-1-5(10-3-11)7(9)6(12)2-4/h1-2,12H. The first-order valence-corrected chi connectivity index (χ1v) is 2.91. The molecule has 0 atom stereocenters. The third-order valence-corrected chi connectivity index (χ3v) is 1.17. The molecule has 0 aliphatic rings. The summed E-state index contributed by atoms with van der Waals surface area (Å²) in [6.45, 7) is 0. The van der Waals surface area contributed by atoms with Crippen molar-refractivity contribution in [3.05, 3.63) is 23.8 Å². The number of isocyanates is 1. The van der Waals surface area contributed by atoms with Crippen molar-refractivity contribution in [2.75, 3.05) is 0 Å². The minimum Gasteiger partial charge on any atom is -0.505 e. The molecular weight excluding hydrogens is 168 g/mol. The highest BCUT2D eigenvalue weighted by molar-refractivity contribution is 5.52. The molecule has 1 aromatic carbocycles. The van der Waals surface area contributed by atoms with Crippen LogP contribution in [0.2, 0.25) is 0 Å². The number of halogens is 2. The maximum absolute atomic E-state index is 12.7. The lowest BCUT2D eigenvalue weighted by atomic mass is 10.3. The molecule has 0 fully saturated rings. The van der Waals surface area contributed by atoms with Crippen LogP contribution >= 0.6 is 0 Å². The Morgan fingerprint density at radius 1 is 1.42 bits per heavy atom. The summed E-state index contributed by atoms with van der Waals surface area (Å²) < 4.78 is 25.1. The van der Waals surface area contributed by atoms with Crippen LogP contribution in [0.5, 0.6) is 5.75 Å². The van der Waals surface area contributed by atoms with Gasteiger partial charge < -0.3 is 5.11 Å². The van der Waals surface area contributed by atoms with Crippen molar-refractivity contribution in [1.82, 2.24) is 0 Å². The molecule has 0 heterocycles. The Balaban J connectivity index is 3.36. The molecule has 0 saturated heterocycles. The summed E-state index contributed by atoms with van der Waals surface area (Å²) in [6.07, 6.45) is 1.04. The fourth-order valence-electron chi connectivity index (χ4n) is 0.691. The van der Waals surface area contributed by atoms with Crippen LogP contribution in [0.15, 0.2) is 17.1 Å². The maximum atomic E-state index is 12.7. The number of hydrogen-bond acceptors (Lipinski definition) is 3. The van der Waals surface area contributed by atoms with Crippen LogP contribution in [-0.4, -0.2) is 11.2 Å². The molecule has 3 nitrogen and oxygen atoms in total. The number of phenolic OH excluding ortho intramolecular Hbond substituents is 1. The van der Waals surface area contributed by atoms with Crippen LogP contribution in [-0.2, 0) is 4.79 Å². The largest absolute Gasteiger partial charge is 0.505 e. The lowest BCUT2D eigenvalue weighted by molar-refractivity contribution is 0.427. The van der Waals surface area contributed by atoms with E-state index >= 15 is 0 Å². The van der Waals surface area contributed by atoms with Gasteiger partial charge in [0, 0.05) is 12.1 Å². The van der Waals surface area contributed by atoms with Crippen LogP contribution in [0, 0.1) is 11.6 Å². The Hall–Kier alpha value is -1.74. The summed E-state index contributed by atoms with van der Waals surface area (Å²) in [6, 6.07) is 1.26. The summed E-state index contributed by atoms with van der Waals surface area (Å²) in [5.74, 6) is -2.90. The Morgan fingerprint density at radius 2 is 2.08 bits per heavy atom. The average Bonchev–Trinajstić information content (AvgIpc) is 2.00. The van der Waals surface area contributed by atoms with Crippen molar-refractivity contribution in [2.45, 2.75) is 0 Å². The summed E-state index contributed by atoms with van der Waals surface area (Å²) >= 11 is 0. The zero-order valence-electron chi connectivity index (χ0n) is 5.71. The molecule has 12 heavy (non-hydrogen) atoms. The molecule has 1 aromatic rings. The molecule has 0 radical (unpaired) electrons. The molecule has 1 rings (SSSR count). The first-order valence-electron chi connectivity index (χ1n) is 2.91. The van der Waals surface area contributed by atoms with Crippen molar-refractivity contribution in [3.8, 4) is 5.75 Å². The van der Waals surface area contributed by atoms with Gasteiger partial charge in [0.25, 0.3) is 0 Å². The SMILES string of the molecule is O=C=Nc1cc(F)cc(O)c1F. The van der Waals surface area contributed by atoms with Crippen LogP contribution in [0.4, 0.5) is 14.5 Å². The minimum absolute atomic E-state index is 0.567. The van der Waals surface area contributed by atoms with E-state index in [1.807, 2.05) is 0 Å². The topological polar surface area (TPSA) is 49.7 Å². The number of benzene rings is 1. The zero-order chi connectivity index (χ0) is 9.14. The summed E-state index contributed by atoms with van der Waals surface area (Å²) in [5, 5.41) is 8.70. The van der Waals surface area contributed by atoms with Gasteiger partial charge in [-0.3, -0.25) is 0 Å². The molecule has 0 aromatic heterocycles. The summed E-state index contributed by atoms with van der Waals surface area (Å²) in [5.41, 5.74) is -0.567. The van der Waals surface area contributed by atoms with Gasteiger partial charge in [0.15, 0.2) is 11.6 Å². The Bertz CT molecular complexity index is 359. The molecule has 0 aliphatic carbocycles. The highest BCUT2D eigenvalue weighted by atomic mass is 19.1. The van der Waals surface area contributed by atoms with Crippen molar-refractivity contribution in [2.24, 2.45) is 4.99 Å². The molecule has 0 saturated carbocycles. The van der Waals surface area contributed by atoms with E-state index in [1.54, 1.807) is 0 Å². The highest BCUT2D eigenvalue weighted by Gasteiger charge is 2.08. The van der Waals surface area contributed by atoms with Gasteiger partial charge in [0.2, 0.25) is 6.08 Å². The van der Waals surface area contributed by atoms with E-state index in [9.17, 15) is 13.6 Å². The number of aromatic hydroxyl groups is 1. The maximum Gasteiger partial charge on any atom is 0.240 e. The molecule has 62 valence electrons. The fraction of sp³-hybridized carbons (Fsp3) is 0. The normalized spacial score (nSPS) is 9.17. The fourth-order valence-corrected chi connectivity index (χ4v) is 0.691. The van der Waals surface area contributed by atoms with Gasteiger partial charge in [0.1, 0.15) is 11.5 Å². The van der Waals surface area contributed by atoms with E-state index in [-0.39, 0.29) is 0 Å². The van der Waals surface area contributed by atoms with Crippen molar-refractivity contribution in [1.29, 1.82) is 0 Å². The molecule has 0 amide bonds. The zero-order valence-corrected chi connectivity index (χ0v) is 5.71.